The Balaban J connectivity index is 2.39. The maximum absolute atomic E-state index is 5.23. The summed E-state index contributed by atoms with van der Waals surface area (Å²) in [5.74, 6) is 1.75. The minimum absolute atomic E-state index is 0.111. The van der Waals surface area contributed by atoms with Gasteiger partial charge >= 0.3 is 0 Å². The molecule has 0 aromatic heterocycles. The van der Waals surface area contributed by atoms with Gasteiger partial charge in [0.2, 0.25) is 0 Å². The van der Waals surface area contributed by atoms with Crippen molar-refractivity contribution in [3.63, 3.8) is 0 Å². The second kappa shape index (κ2) is 5.31. The van der Waals surface area contributed by atoms with E-state index in [0.717, 1.165) is 18.4 Å². The van der Waals surface area contributed by atoms with Gasteiger partial charge in [-0.1, -0.05) is 13.8 Å². The lowest BCUT2D eigenvalue weighted by Gasteiger charge is -2.38. The van der Waals surface area contributed by atoms with Gasteiger partial charge in [-0.2, -0.15) is 0 Å². The van der Waals surface area contributed by atoms with Crippen molar-refractivity contribution in [2.45, 2.75) is 58.5 Å². The maximum Gasteiger partial charge on any atom is 0.0639 e. The molecule has 1 aliphatic rings. The summed E-state index contributed by atoms with van der Waals surface area (Å²) in [7, 11) is 1.77. The van der Waals surface area contributed by atoms with E-state index in [1.807, 2.05) is 0 Å². The fourth-order valence-electron chi connectivity index (χ4n) is 2.63. The molecule has 0 aliphatic heterocycles. The zero-order chi connectivity index (χ0) is 11.5. The first-order valence-corrected chi connectivity index (χ1v) is 6.21. The van der Waals surface area contributed by atoms with Gasteiger partial charge in [-0.25, -0.2) is 0 Å². The Kier molecular flexibility index (Phi) is 4.60. The molecule has 1 saturated carbocycles. The number of hydrogen-bond acceptors (Lipinski definition) is 2. The molecule has 0 aromatic carbocycles. The predicted molar refractivity (Wildman–Crippen MR) is 65.1 cm³/mol. The van der Waals surface area contributed by atoms with Crippen LogP contribution in [0.3, 0.4) is 0 Å². The summed E-state index contributed by atoms with van der Waals surface area (Å²) in [6, 6.07) is 0.682. The first kappa shape index (κ1) is 13.0. The molecule has 0 saturated heterocycles. The van der Waals surface area contributed by atoms with Gasteiger partial charge in [0.25, 0.3) is 0 Å². The highest BCUT2D eigenvalue weighted by Crippen LogP contribution is 2.30. The van der Waals surface area contributed by atoms with Crippen molar-refractivity contribution < 1.29 is 4.74 Å². The Hall–Kier alpha value is -0.0800. The predicted octanol–water partition coefficient (Wildman–Crippen LogP) is 2.83. The molecule has 1 N–H and O–H groups in total. The second-order valence-electron chi connectivity index (χ2n) is 5.93. The molecule has 0 aromatic rings. The van der Waals surface area contributed by atoms with Crippen LogP contribution >= 0.6 is 0 Å². The molecular formula is C13H27NO. The van der Waals surface area contributed by atoms with Gasteiger partial charge in [0, 0.05) is 18.7 Å². The average molecular weight is 213 g/mol. The number of methoxy groups -OCH3 is 1. The third-order valence-electron chi connectivity index (χ3n) is 3.70. The van der Waals surface area contributed by atoms with Gasteiger partial charge in [-0.15, -0.1) is 0 Å². The van der Waals surface area contributed by atoms with Crippen LogP contribution in [0.2, 0.25) is 0 Å². The first-order chi connectivity index (χ1) is 6.94. The fraction of sp³-hybridized carbons (Fsp3) is 1.00. The summed E-state index contributed by atoms with van der Waals surface area (Å²) in [4.78, 5) is 0. The van der Waals surface area contributed by atoms with Crippen LogP contribution in [0, 0.1) is 11.8 Å². The van der Waals surface area contributed by atoms with Crippen molar-refractivity contribution in [3.8, 4) is 0 Å². The molecule has 3 unspecified atom stereocenters. The van der Waals surface area contributed by atoms with E-state index >= 15 is 0 Å². The van der Waals surface area contributed by atoms with E-state index in [1.54, 1.807) is 7.11 Å². The lowest BCUT2D eigenvalue weighted by molar-refractivity contribution is 0.105. The lowest BCUT2D eigenvalue weighted by atomic mass is 9.78. The molecule has 0 bridgehead atoms. The topological polar surface area (TPSA) is 21.3 Å². The first-order valence-electron chi connectivity index (χ1n) is 6.21. The molecule has 1 aliphatic carbocycles. The summed E-state index contributed by atoms with van der Waals surface area (Å²) in [6.07, 6.45) is 3.99. The van der Waals surface area contributed by atoms with Crippen LogP contribution in [-0.2, 0) is 4.74 Å². The lowest BCUT2D eigenvalue weighted by Crippen LogP contribution is -2.50. The number of hydrogen-bond donors (Lipinski definition) is 1. The molecule has 0 amide bonds. The molecule has 2 heteroatoms. The summed E-state index contributed by atoms with van der Waals surface area (Å²) in [5.41, 5.74) is 0.111. The maximum atomic E-state index is 5.23. The molecule has 0 heterocycles. The molecule has 3 atom stereocenters. The molecule has 2 nitrogen and oxygen atoms in total. The van der Waals surface area contributed by atoms with Crippen LogP contribution in [0.4, 0.5) is 0 Å². The van der Waals surface area contributed by atoms with Gasteiger partial charge in [0.15, 0.2) is 0 Å². The average Bonchev–Trinajstić information content (AvgIpc) is 2.10. The van der Waals surface area contributed by atoms with E-state index in [0.29, 0.717) is 6.04 Å². The Labute approximate surface area is 94.8 Å². The number of nitrogens with one attached hydrogen (secondary N) is 1. The van der Waals surface area contributed by atoms with Crippen LogP contribution < -0.4 is 5.32 Å². The molecular weight excluding hydrogens is 186 g/mol. The van der Waals surface area contributed by atoms with Gasteiger partial charge in [-0.05, 0) is 44.9 Å². The van der Waals surface area contributed by atoms with Crippen molar-refractivity contribution in [2.24, 2.45) is 11.8 Å². The normalized spacial score (nSPS) is 33.0. The quantitative estimate of drug-likeness (QED) is 0.775. The second-order valence-corrected chi connectivity index (χ2v) is 5.93. The molecule has 15 heavy (non-hydrogen) atoms. The zero-order valence-electron chi connectivity index (χ0n) is 11.0. The molecule has 1 fully saturated rings. The molecule has 90 valence electrons. The Bertz CT molecular complexity index is 191. The summed E-state index contributed by atoms with van der Waals surface area (Å²) < 4.78 is 5.23. The van der Waals surface area contributed by atoms with Crippen LogP contribution in [0.25, 0.3) is 0 Å². The third-order valence-corrected chi connectivity index (χ3v) is 3.70. The largest absolute Gasteiger partial charge is 0.383 e. The standard InChI is InChI=1S/C13H27NO/c1-10-6-7-12(8-11(10)2)14-13(3,4)9-15-5/h10-12,14H,6-9H2,1-5H3. The highest BCUT2D eigenvalue weighted by atomic mass is 16.5. The minimum Gasteiger partial charge on any atom is -0.383 e. The van der Waals surface area contributed by atoms with E-state index in [9.17, 15) is 0 Å². The van der Waals surface area contributed by atoms with E-state index in [2.05, 4.69) is 33.0 Å². The molecule has 1 rings (SSSR count). The smallest absolute Gasteiger partial charge is 0.0639 e. The van der Waals surface area contributed by atoms with E-state index < -0.39 is 0 Å². The van der Waals surface area contributed by atoms with Crippen molar-refractivity contribution >= 4 is 0 Å². The van der Waals surface area contributed by atoms with Crippen LogP contribution in [0.1, 0.15) is 47.0 Å². The molecule has 0 radical (unpaired) electrons. The highest BCUT2D eigenvalue weighted by molar-refractivity contribution is 4.86. The Morgan fingerprint density at radius 2 is 1.87 bits per heavy atom. The fourth-order valence-corrected chi connectivity index (χ4v) is 2.63. The minimum atomic E-state index is 0.111. The van der Waals surface area contributed by atoms with Crippen LogP contribution in [0.5, 0.6) is 0 Å². The Morgan fingerprint density at radius 3 is 2.40 bits per heavy atom. The molecule has 0 spiro atoms. The van der Waals surface area contributed by atoms with E-state index in [1.165, 1.54) is 19.3 Å². The van der Waals surface area contributed by atoms with Crippen molar-refractivity contribution in [2.75, 3.05) is 13.7 Å². The van der Waals surface area contributed by atoms with Crippen LogP contribution in [0.15, 0.2) is 0 Å². The summed E-state index contributed by atoms with van der Waals surface area (Å²) >= 11 is 0. The van der Waals surface area contributed by atoms with Gasteiger partial charge in [0.05, 0.1) is 6.61 Å². The van der Waals surface area contributed by atoms with Crippen LogP contribution in [-0.4, -0.2) is 25.3 Å². The van der Waals surface area contributed by atoms with Gasteiger partial charge < -0.3 is 10.1 Å². The Morgan fingerprint density at radius 1 is 1.20 bits per heavy atom. The summed E-state index contributed by atoms with van der Waals surface area (Å²) in [6.45, 7) is 9.98. The van der Waals surface area contributed by atoms with Gasteiger partial charge in [-0.3, -0.25) is 0 Å². The van der Waals surface area contributed by atoms with Gasteiger partial charge in [0.1, 0.15) is 0 Å². The monoisotopic (exact) mass is 213 g/mol. The SMILES string of the molecule is COCC(C)(C)NC1CCC(C)C(C)C1. The zero-order valence-corrected chi connectivity index (χ0v) is 11.0. The summed E-state index contributed by atoms with van der Waals surface area (Å²) in [5, 5.41) is 3.72. The van der Waals surface area contributed by atoms with Crippen molar-refractivity contribution in [1.29, 1.82) is 0 Å². The van der Waals surface area contributed by atoms with E-state index in [-0.39, 0.29) is 5.54 Å². The van der Waals surface area contributed by atoms with Crippen molar-refractivity contribution in [3.05, 3.63) is 0 Å². The highest BCUT2D eigenvalue weighted by Gasteiger charge is 2.28. The van der Waals surface area contributed by atoms with Crippen molar-refractivity contribution in [1.82, 2.24) is 5.32 Å². The third kappa shape index (κ3) is 4.12. The van der Waals surface area contributed by atoms with E-state index in [4.69, 9.17) is 4.74 Å². The number of ether oxygens (including phenoxy) is 1. The number of rotatable bonds is 4.